The highest BCUT2D eigenvalue weighted by molar-refractivity contribution is 5.64. The monoisotopic (exact) mass is 255 g/mol. The Morgan fingerprint density at radius 3 is 2.68 bits per heavy atom. The van der Waals surface area contributed by atoms with E-state index in [0.29, 0.717) is 0 Å². The summed E-state index contributed by atoms with van der Waals surface area (Å²) in [6.07, 6.45) is 2.76. The maximum absolute atomic E-state index is 13.2. The first-order valence-corrected chi connectivity index (χ1v) is 6.24. The van der Waals surface area contributed by atoms with Crippen LogP contribution in [0.3, 0.4) is 0 Å². The van der Waals surface area contributed by atoms with Gasteiger partial charge in [0, 0.05) is 12.0 Å². The molecule has 0 saturated carbocycles. The Kier molecular flexibility index (Phi) is 3.29. The van der Waals surface area contributed by atoms with Crippen LogP contribution in [0.1, 0.15) is 11.1 Å². The minimum absolute atomic E-state index is 0.0272. The molecule has 2 aromatic carbocycles. The van der Waals surface area contributed by atoms with Crippen LogP contribution < -0.4 is 5.48 Å². The summed E-state index contributed by atoms with van der Waals surface area (Å²) >= 11 is 0. The molecule has 1 unspecified atom stereocenters. The second-order valence-corrected chi connectivity index (χ2v) is 4.54. The molecule has 1 aliphatic heterocycles. The van der Waals surface area contributed by atoms with Crippen molar-refractivity contribution >= 4 is 5.70 Å². The maximum Gasteiger partial charge on any atom is 0.123 e. The van der Waals surface area contributed by atoms with E-state index in [1.54, 1.807) is 6.07 Å². The third-order valence-electron chi connectivity index (χ3n) is 3.09. The summed E-state index contributed by atoms with van der Waals surface area (Å²) in [5, 5.41) is 0. The molecule has 0 amide bonds. The number of benzene rings is 2. The van der Waals surface area contributed by atoms with Gasteiger partial charge in [0.1, 0.15) is 11.9 Å². The summed E-state index contributed by atoms with van der Waals surface area (Å²) in [5.41, 5.74) is 5.70. The lowest BCUT2D eigenvalue weighted by Crippen LogP contribution is -2.14. The lowest BCUT2D eigenvalue weighted by molar-refractivity contribution is 0.0519. The normalized spacial score (nSPS) is 17.9. The van der Waals surface area contributed by atoms with Crippen molar-refractivity contribution in [3.63, 3.8) is 0 Å². The lowest BCUT2D eigenvalue weighted by Gasteiger charge is -2.07. The highest BCUT2D eigenvalue weighted by Crippen LogP contribution is 2.21. The molecule has 0 aromatic heterocycles. The van der Waals surface area contributed by atoms with E-state index in [9.17, 15) is 4.39 Å². The number of rotatable bonds is 3. The smallest absolute Gasteiger partial charge is 0.123 e. The molecule has 0 saturated heterocycles. The molecule has 0 aliphatic carbocycles. The summed E-state index contributed by atoms with van der Waals surface area (Å²) in [6, 6.07) is 16.6. The van der Waals surface area contributed by atoms with Crippen molar-refractivity contribution < 1.29 is 9.23 Å². The molecule has 1 heterocycles. The van der Waals surface area contributed by atoms with Crippen molar-refractivity contribution in [2.45, 2.75) is 12.5 Å². The van der Waals surface area contributed by atoms with Gasteiger partial charge in [0.05, 0.1) is 5.70 Å². The molecule has 0 spiro atoms. The van der Waals surface area contributed by atoms with Crippen LogP contribution in [0.25, 0.3) is 5.70 Å². The summed E-state index contributed by atoms with van der Waals surface area (Å²) in [7, 11) is 0. The van der Waals surface area contributed by atoms with E-state index in [1.807, 2.05) is 30.3 Å². The van der Waals surface area contributed by atoms with Crippen molar-refractivity contribution in [2.24, 2.45) is 0 Å². The van der Waals surface area contributed by atoms with Crippen LogP contribution in [0.15, 0.2) is 60.7 Å². The highest BCUT2D eigenvalue weighted by atomic mass is 19.1. The van der Waals surface area contributed by atoms with Crippen molar-refractivity contribution in [1.29, 1.82) is 0 Å². The zero-order chi connectivity index (χ0) is 13.1. The topological polar surface area (TPSA) is 21.3 Å². The van der Waals surface area contributed by atoms with Crippen molar-refractivity contribution in [1.82, 2.24) is 5.48 Å². The number of hydroxylamine groups is 1. The molecular weight excluding hydrogens is 241 g/mol. The first-order valence-electron chi connectivity index (χ1n) is 6.24. The van der Waals surface area contributed by atoms with Crippen LogP contribution in [-0.2, 0) is 11.3 Å². The Bertz CT molecular complexity index is 595. The fourth-order valence-electron chi connectivity index (χ4n) is 2.15. The van der Waals surface area contributed by atoms with Gasteiger partial charge >= 0.3 is 0 Å². The van der Waals surface area contributed by atoms with Gasteiger partial charge in [-0.1, -0.05) is 42.5 Å². The Morgan fingerprint density at radius 2 is 1.89 bits per heavy atom. The van der Waals surface area contributed by atoms with E-state index >= 15 is 0 Å². The fraction of sp³-hybridized carbons (Fsp3) is 0.125. The van der Waals surface area contributed by atoms with Gasteiger partial charge in [-0.05, 0) is 23.8 Å². The quantitative estimate of drug-likeness (QED) is 0.908. The van der Waals surface area contributed by atoms with Crippen LogP contribution in [0.2, 0.25) is 0 Å². The van der Waals surface area contributed by atoms with E-state index in [-0.39, 0.29) is 11.9 Å². The number of hydrogen-bond donors (Lipinski definition) is 1. The van der Waals surface area contributed by atoms with Crippen LogP contribution in [0.4, 0.5) is 4.39 Å². The molecule has 2 nitrogen and oxygen atoms in total. The number of hydrogen-bond acceptors (Lipinski definition) is 2. The van der Waals surface area contributed by atoms with E-state index in [1.165, 1.54) is 17.7 Å². The minimum atomic E-state index is -0.244. The average molecular weight is 255 g/mol. The Hall–Kier alpha value is -2.13. The summed E-state index contributed by atoms with van der Waals surface area (Å²) in [5.74, 6) is -0.244. The molecule has 96 valence electrons. The first kappa shape index (κ1) is 11.9. The Morgan fingerprint density at radius 1 is 1.05 bits per heavy atom. The molecule has 3 heteroatoms. The predicted octanol–water partition coefficient (Wildman–Crippen LogP) is 3.31. The third-order valence-corrected chi connectivity index (χ3v) is 3.09. The molecule has 0 bridgehead atoms. The molecule has 3 rings (SSSR count). The lowest BCUT2D eigenvalue weighted by atomic mass is 10.1. The molecule has 0 fully saturated rings. The number of halogens is 1. The third kappa shape index (κ3) is 2.83. The van der Waals surface area contributed by atoms with Crippen LogP contribution >= 0.6 is 0 Å². The molecule has 1 aliphatic rings. The van der Waals surface area contributed by atoms with Gasteiger partial charge in [-0.3, -0.25) is 10.3 Å². The van der Waals surface area contributed by atoms with Crippen LogP contribution in [-0.4, -0.2) is 6.10 Å². The number of nitrogens with one attached hydrogen (secondary N) is 1. The molecule has 1 atom stereocenters. The Balaban J connectivity index is 1.74. The van der Waals surface area contributed by atoms with E-state index in [0.717, 1.165) is 17.7 Å². The first-order chi connectivity index (χ1) is 9.31. The van der Waals surface area contributed by atoms with E-state index in [2.05, 4.69) is 17.6 Å². The van der Waals surface area contributed by atoms with Gasteiger partial charge < -0.3 is 0 Å². The zero-order valence-electron chi connectivity index (χ0n) is 10.3. The summed E-state index contributed by atoms with van der Waals surface area (Å²) in [4.78, 5) is 5.50. The predicted molar refractivity (Wildman–Crippen MR) is 72.5 cm³/mol. The van der Waals surface area contributed by atoms with E-state index < -0.39 is 0 Å². The van der Waals surface area contributed by atoms with Crippen molar-refractivity contribution in [3.05, 3.63) is 77.6 Å². The van der Waals surface area contributed by atoms with Crippen LogP contribution in [0, 0.1) is 5.82 Å². The van der Waals surface area contributed by atoms with Gasteiger partial charge in [0.2, 0.25) is 0 Å². The molecule has 1 N–H and O–H groups in total. The van der Waals surface area contributed by atoms with Gasteiger partial charge in [-0.15, -0.1) is 0 Å². The zero-order valence-corrected chi connectivity index (χ0v) is 10.3. The standard InChI is InChI=1S/C16H14FNO/c17-14-8-4-7-13(10-14)16-11-15(19-18-16)9-12-5-2-1-3-6-12/h1-8,10-11,15,18H,9H2. The van der Waals surface area contributed by atoms with Gasteiger partial charge in [0.25, 0.3) is 0 Å². The second kappa shape index (κ2) is 5.24. The SMILES string of the molecule is Fc1cccc(C2=CC(Cc3ccccc3)ON2)c1. The fourth-order valence-corrected chi connectivity index (χ4v) is 2.15. The summed E-state index contributed by atoms with van der Waals surface area (Å²) < 4.78 is 13.2. The van der Waals surface area contributed by atoms with Crippen molar-refractivity contribution in [2.75, 3.05) is 0 Å². The van der Waals surface area contributed by atoms with Gasteiger partial charge in [-0.25, -0.2) is 4.39 Å². The van der Waals surface area contributed by atoms with Crippen molar-refractivity contribution in [3.8, 4) is 0 Å². The summed E-state index contributed by atoms with van der Waals surface area (Å²) in [6.45, 7) is 0. The van der Waals surface area contributed by atoms with Gasteiger partial charge in [-0.2, -0.15) is 0 Å². The minimum Gasteiger partial charge on any atom is -0.268 e. The highest BCUT2D eigenvalue weighted by Gasteiger charge is 2.17. The maximum atomic E-state index is 13.2. The molecule has 2 aromatic rings. The average Bonchev–Trinajstić information content (AvgIpc) is 2.88. The molecular formula is C16H14FNO. The van der Waals surface area contributed by atoms with E-state index in [4.69, 9.17) is 4.84 Å². The van der Waals surface area contributed by atoms with Crippen LogP contribution in [0.5, 0.6) is 0 Å². The second-order valence-electron chi connectivity index (χ2n) is 4.54. The largest absolute Gasteiger partial charge is 0.268 e. The molecule has 19 heavy (non-hydrogen) atoms. The molecule has 0 radical (unpaired) electrons. The Labute approximate surface area is 111 Å². The van der Waals surface area contributed by atoms with Gasteiger partial charge in [0.15, 0.2) is 0 Å².